The molecule has 0 radical (unpaired) electrons. The van der Waals surface area contributed by atoms with Gasteiger partial charge in [-0.3, -0.25) is 0 Å². The smallest absolute Gasteiger partial charge is 0.0467 e. The van der Waals surface area contributed by atoms with Gasteiger partial charge in [-0.15, -0.1) is 0 Å². The van der Waals surface area contributed by atoms with Crippen molar-refractivity contribution in [3.8, 4) is 33.4 Å². The van der Waals surface area contributed by atoms with E-state index in [0.29, 0.717) is 0 Å². The number of aryl methyl sites for hydroxylation is 2. The Hall–Kier alpha value is -6.64. The summed E-state index contributed by atoms with van der Waals surface area (Å²) in [5, 5.41) is 0. The van der Waals surface area contributed by atoms with Crippen LogP contribution in [0.25, 0.3) is 33.4 Å². The van der Waals surface area contributed by atoms with Crippen molar-refractivity contribution in [1.29, 1.82) is 0 Å². The summed E-state index contributed by atoms with van der Waals surface area (Å²) in [6.45, 7) is 19.5. The Kier molecular flexibility index (Phi) is 8.07. The third-order valence-corrected chi connectivity index (χ3v) is 14.3. The van der Waals surface area contributed by atoms with E-state index in [4.69, 9.17) is 0 Å². The third-order valence-electron chi connectivity index (χ3n) is 14.3. The number of hydrogen-bond acceptors (Lipinski definition) is 2. The summed E-state index contributed by atoms with van der Waals surface area (Å²) in [5.74, 6) is 0. The van der Waals surface area contributed by atoms with Crippen LogP contribution < -0.4 is 9.80 Å². The van der Waals surface area contributed by atoms with Crippen molar-refractivity contribution in [1.82, 2.24) is 0 Å². The lowest BCUT2D eigenvalue weighted by Crippen LogP contribution is -2.27. The fourth-order valence-electron chi connectivity index (χ4n) is 11.8. The van der Waals surface area contributed by atoms with Crippen LogP contribution in [0.15, 0.2) is 170 Å². The van der Waals surface area contributed by atoms with Crippen molar-refractivity contribution in [3.63, 3.8) is 0 Å². The SMILES string of the molecule is Cc1cc(N(c2ccccc2)c2ccccc2)cc2c1-c1ccc3c(c1C2(C)C)C(C)(C)c1c-3ccc2c1C(C)(C)c1cc(N(c3ccccc3)c3ccccc3)cc(C)c1-2. The van der Waals surface area contributed by atoms with Gasteiger partial charge in [0.25, 0.3) is 0 Å². The van der Waals surface area contributed by atoms with E-state index in [9.17, 15) is 0 Å². The summed E-state index contributed by atoms with van der Waals surface area (Å²) >= 11 is 0. The quantitative estimate of drug-likeness (QED) is 0.166. The van der Waals surface area contributed by atoms with E-state index in [2.05, 4.69) is 235 Å². The van der Waals surface area contributed by atoms with Crippen LogP contribution in [0.1, 0.15) is 86.1 Å². The molecular weight excluding hydrogens is 737 g/mol. The van der Waals surface area contributed by atoms with Gasteiger partial charge < -0.3 is 9.80 Å². The molecule has 61 heavy (non-hydrogen) atoms. The summed E-state index contributed by atoms with van der Waals surface area (Å²) in [5.41, 5.74) is 26.0. The van der Waals surface area contributed by atoms with Gasteiger partial charge in [0.2, 0.25) is 0 Å². The van der Waals surface area contributed by atoms with Crippen LogP contribution in [-0.2, 0) is 16.2 Å². The van der Waals surface area contributed by atoms with Crippen LogP contribution in [-0.4, -0.2) is 0 Å². The summed E-state index contributed by atoms with van der Waals surface area (Å²) in [7, 11) is 0. The molecule has 0 aromatic heterocycles. The zero-order chi connectivity index (χ0) is 42.0. The predicted molar refractivity (Wildman–Crippen MR) is 258 cm³/mol. The number of benzene rings is 8. The highest BCUT2D eigenvalue weighted by molar-refractivity contribution is 5.98. The molecule has 8 aromatic carbocycles. The highest BCUT2D eigenvalue weighted by atomic mass is 15.1. The third kappa shape index (κ3) is 5.27. The van der Waals surface area contributed by atoms with E-state index in [1.807, 2.05) is 0 Å². The van der Waals surface area contributed by atoms with Crippen LogP contribution in [0.3, 0.4) is 0 Å². The number of rotatable bonds is 6. The van der Waals surface area contributed by atoms with Gasteiger partial charge >= 0.3 is 0 Å². The number of nitrogens with zero attached hydrogens (tertiary/aromatic N) is 2. The van der Waals surface area contributed by atoms with E-state index in [0.717, 1.165) is 22.7 Å². The van der Waals surface area contributed by atoms with Crippen LogP contribution in [0, 0.1) is 13.8 Å². The van der Waals surface area contributed by atoms with E-state index < -0.39 is 0 Å². The highest BCUT2D eigenvalue weighted by Gasteiger charge is 2.50. The Morgan fingerprint density at radius 1 is 0.295 bits per heavy atom. The molecule has 2 nitrogen and oxygen atoms in total. The minimum atomic E-state index is -0.228. The zero-order valence-electron chi connectivity index (χ0n) is 36.6. The maximum absolute atomic E-state index is 2.51. The van der Waals surface area contributed by atoms with Crippen LogP contribution >= 0.6 is 0 Å². The second-order valence-electron chi connectivity index (χ2n) is 19.1. The number of hydrogen-bond donors (Lipinski definition) is 0. The first-order chi connectivity index (χ1) is 29.4. The summed E-state index contributed by atoms with van der Waals surface area (Å²) < 4.78 is 0. The van der Waals surface area contributed by atoms with Crippen LogP contribution in [0.4, 0.5) is 34.1 Å². The summed E-state index contributed by atoms with van der Waals surface area (Å²) in [6.07, 6.45) is 0. The first-order valence-corrected chi connectivity index (χ1v) is 21.9. The second kappa shape index (κ2) is 13.2. The minimum Gasteiger partial charge on any atom is -0.310 e. The number of anilines is 6. The number of fused-ring (bicyclic) bond motifs is 11. The molecular formula is C59H52N2. The molecule has 11 rings (SSSR count). The molecule has 8 aromatic rings. The van der Waals surface area contributed by atoms with Crippen molar-refractivity contribution in [2.45, 2.75) is 71.6 Å². The van der Waals surface area contributed by atoms with Gasteiger partial charge in [-0.05, 0) is 165 Å². The Bertz CT molecular complexity index is 2760. The van der Waals surface area contributed by atoms with E-state index in [-0.39, 0.29) is 16.2 Å². The largest absolute Gasteiger partial charge is 0.310 e. The summed E-state index contributed by atoms with van der Waals surface area (Å²) in [4.78, 5) is 4.82. The average molecular weight is 789 g/mol. The molecule has 0 heterocycles. The maximum atomic E-state index is 2.51. The minimum absolute atomic E-state index is 0.222. The fraction of sp³-hybridized carbons (Fsp3) is 0.186. The molecule has 0 spiro atoms. The standard InChI is InChI=1S/C59H52N2/c1-37-33-43(60(39-21-13-9-14-22-39)40-23-15-10-16-24-40)35-49-51(37)47-31-29-45-46-30-32-48-52-38(2)34-44(61(41-25-17-11-18-26-41)42-27-19-12-20-28-42)36-50(52)58(5,6)56(48)54(46)59(7,8)53(45)55(47)57(49,3)4/h9-36H,1-8H3. The average Bonchev–Trinajstić information content (AvgIpc) is 3.75. The van der Waals surface area contributed by atoms with Crippen molar-refractivity contribution < 1.29 is 0 Å². The molecule has 0 saturated carbocycles. The van der Waals surface area contributed by atoms with Gasteiger partial charge in [0.15, 0.2) is 0 Å². The molecule has 3 aliphatic carbocycles. The molecule has 298 valence electrons. The van der Waals surface area contributed by atoms with Gasteiger partial charge in [0.05, 0.1) is 0 Å². The van der Waals surface area contributed by atoms with Crippen molar-refractivity contribution >= 4 is 34.1 Å². The fourth-order valence-corrected chi connectivity index (χ4v) is 11.8. The molecule has 0 unspecified atom stereocenters. The predicted octanol–water partition coefficient (Wildman–Crippen LogP) is 16.2. The molecule has 0 saturated heterocycles. The van der Waals surface area contributed by atoms with Gasteiger partial charge in [-0.25, -0.2) is 0 Å². The molecule has 0 aliphatic heterocycles. The van der Waals surface area contributed by atoms with Gasteiger partial charge in [-0.1, -0.05) is 139 Å². The molecule has 0 amide bonds. The first-order valence-electron chi connectivity index (χ1n) is 21.9. The maximum Gasteiger partial charge on any atom is 0.0467 e. The normalized spacial score (nSPS) is 15.3. The number of para-hydroxylation sites is 4. The second-order valence-corrected chi connectivity index (χ2v) is 19.1. The van der Waals surface area contributed by atoms with Crippen molar-refractivity contribution in [3.05, 3.63) is 214 Å². The van der Waals surface area contributed by atoms with Gasteiger partial charge in [0.1, 0.15) is 0 Å². The highest BCUT2D eigenvalue weighted by Crippen LogP contribution is 2.64. The van der Waals surface area contributed by atoms with Crippen molar-refractivity contribution in [2.24, 2.45) is 0 Å². The summed E-state index contributed by atoms with van der Waals surface area (Å²) in [6, 6.07) is 62.7. The van der Waals surface area contributed by atoms with E-state index >= 15 is 0 Å². The van der Waals surface area contributed by atoms with Crippen LogP contribution in [0.2, 0.25) is 0 Å². The van der Waals surface area contributed by atoms with Crippen molar-refractivity contribution in [2.75, 3.05) is 9.80 Å². The van der Waals surface area contributed by atoms with Gasteiger partial charge in [-0.2, -0.15) is 0 Å². The molecule has 0 bridgehead atoms. The Labute approximate surface area is 361 Å². The molecule has 0 fully saturated rings. The molecule has 2 heteroatoms. The lowest BCUT2D eigenvalue weighted by Gasteiger charge is -2.34. The van der Waals surface area contributed by atoms with E-state index in [1.165, 1.54) is 89.3 Å². The molecule has 0 atom stereocenters. The Morgan fingerprint density at radius 3 is 0.885 bits per heavy atom. The van der Waals surface area contributed by atoms with Gasteiger partial charge in [0, 0.05) is 50.4 Å². The first kappa shape index (κ1) is 37.4. The lowest BCUT2D eigenvalue weighted by molar-refractivity contribution is 0.578. The van der Waals surface area contributed by atoms with E-state index in [1.54, 1.807) is 0 Å². The Balaban J connectivity index is 1.06. The lowest BCUT2D eigenvalue weighted by atomic mass is 9.69. The monoisotopic (exact) mass is 788 g/mol. The topological polar surface area (TPSA) is 6.48 Å². The molecule has 0 N–H and O–H groups in total. The zero-order valence-corrected chi connectivity index (χ0v) is 36.6. The molecule has 3 aliphatic rings. The van der Waals surface area contributed by atoms with Crippen LogP contribution in [0.5, 0.6) is 0 Å². The Morgan fingerprint density at radius 2 is 0.574 bits per heavy atom.